The summed E-state index contributed by atoms with van der Waals surface area (Å²) in [6.07, 6.45) is 0.886. The van der Waals surface area contributed by atoms with Crippen LogP contribution in [0.3, 0.4) is 0 Å². The summed E-state index contributed by atoms with van der Waals surface area (Å²) in [5, 5.41) is 3.41. The lowest BCUT2D eigenvalue weighted by molar-refractivity contribution is 0.0201. The zero-order valence-corrected chi connectivity index (χ0v) is 12.7. The van der Waals surface area contributed by atoms with Crippen LogP contribution in [0.5, 0.6) is 0 Å². The second-order valence-electron chi connectivity index (χ2n) is 7.01. The summed E-state index contributed by atoms with van der Waals surface area (Å²) in [4.78, 5) is 13.6. The van der Waals surface area contributed by atoms with Gasteiger partial charge >= 0.3 is 6.09 Å². The standard InChI is InChI=1S/C14H28N2O2/c1-13(2,3)18-12(17)16(6)9-11-7-8-15-10-14(11,4)5/h11,15H,7-10H2,1-6H3. The maximum Gasteiger partial charge on any atom is 0.410 e. The molecular weight excluding hydrogens is 228 g/mol. The quantitative estimate of drug-likeness (QED) is 0.825. The molecule has 0 aromatic heterocycles. The molecule has 0 saturated carbocycles. The predicted octanol–water partition coefficient (Wildman–Crippen LogP) is 2.49. The Labute approximate surface area is 111 Å². The van der Waals surface area contributed by atoms with Gasteiger partial charge in [0.25, 0.3) is 0 Å². The Morgan fingerprint density at radius 3 is 2.56 bits per heavy atom. The van der Waals surface area contributed by atoms with Crippen LogP contribution >= 0.6 is 0 Å². The maximum absolute atomic E-state index is 11.9. The molecule has 0 spiro atoms. The van der Waals surface area contributed by atoms with E-state index in [2.05, 4.69) is 19.2 Å². The highest BCUT2D eigenvalue weighted by atomic mass is 16.6. The van der Waals surface area contributed by atoms with E-state index in [-0.39, 0.29) is 11.5 Å². The minimum atomic E-state index is -0.422. The fourth-order valence-electron chi connectivity index (χ4n) is 2.31. The van der Waals surface area contributed by atoms with Gasteiger partial charge in [-0.25, -0.2) is 4.79 Å². The van der Waals surface area contributed by atoms with Gasteiger partial charge in [0.2, 0.25) is 0 Å². The fourth-order valence-corrected chi connectivity index (χ4v) is 2.31. The number of hydrogen-bond donors (Lipinski definition) is 1. The zero-order valence-electron chi connectivity index (χ0n) is 12.7. The van der Waals surface area contributed by atoms with Gasteiger partial charge in [-0.2, -0.15) is 0 Å². The molecule has 0 aliphatic carbocycles. The molecule has 0 aromatic carbocycles. The van der Waals surface area contributed by atoms with Gasteiger partial charge in [0.15, 0.2) is 0 Å². The number of carbonyl (C=O) groups is 1. The average molecular weight is 256 g/mol. The Balaban J connectivity index is 2.53. The second-order valence-corrected chi connectivity index (χ2v) is 7.01. The minimum absolute atomic E-state index is 0.225. The molecule has 1 amide bonds. The van der Waals surface area contributed by atoms with Crippen molar-refractivity contribution in [1.82, 2.24) is 10.2 Å². The largest absolute Gasteiger partial charge is 0.444 e. The van der Waals surface area contributed by atoms with Gasteiger partial charge in [-0.3, -0.25) is 0 Å². The van der Waals surface area contributed by atoms with Gasteiger partial charge in [0, 0.05) is 20.1 Å². The molecule has 106 valence electrons. The van der Waals surface area contributed by atoms with Crippen LogP contribution in [0.1, 0.15) is 41.0 Å². The molecule has 1 fully saturated rings. The van der Waals surface area contributed by atoms with Crippen molar-refractivity contribution in [3.8, 4) is 0 Å². The van der Waals surface area contributed by atoms with Crippen molar-refractivity contribution in [3.63, 3.8) is 0 Å². The van der Waals surface area contributed by atoms with Crippen LogP contribution in [-0.2, 0) is 4.74 Å². The van der Waals surface area contributed by atoms with Gasteiger partial charge in [0.05, 0.1) is 0 Å². The smallest absolute Gasteiger partial charge is 0.410 e. The molecule has 18 heavy (non-hydrogen) atoms. The van der Waals surface area contributed by atoms with Crippen molar-refractivity contribution >= 4 is 6.09 Å². The van der Waals surface area contributed by atoms with Crippen molar-refractivity contribution in [2.45, 2.75) is 46.6 Å². The number of amides is 1. The fraction of sp³-hybridized carbons (Fsp3) is 0.929. The summed E-state index contributed by atoms with van der Waals surface area (Å²) in [6, 6.07) is 0. The van der Waals surface area contributed by atoms with E-state index >= 15 is 0 Å². The predicted molar refractivity (Wildman–Crippen MR) is 73.6 cm³/mol. The molecule has 1 atom stereocenters. The van der Waals surface area contributed by atoms with E-state index in [4.69, 9.17) is 4.74 Å². The van der Waals surface area contributed by atoms with Crippen LogP contribution < -0.4 is 5.32 Å². The first kappa shape index (κ1) is 15.3. The third-order valence-corrected chi connectivity index (χ3v) is 3.55. The van der Waals surface area contributed by atoms with Crippen LogP contribution in [0.4, 0.5) is 4.79 Å². The lowest BCUT2D eigenvalue weighted by Gasteiger charge is -2.41. The van der Waals surface area contributed by atoms with Crippen LogP contribution in [0.15, 0.2) is 0 Å². The topological polar surface area (TPSA) is 41.6 Å². The van der Waals surface area contributed by atoms with E-state index in [1.165, 1.54) is 0 Å². The number of piperidine rings is 1. The maximum atomic E-state index is 11.9. The highest BCUT2D eigenvalue weighted by Crippen LogP contribution is 2.32. The van der Waals surface area contributed by atoms with E-state index in [0.29, 0.717) is 5.92 Å². The van der Waals surface area contributed by atoms with Crippen molar-refractivity contribution in [2.75, 3.05) is 26.7 Å². The lowest BCUT2D eigenvalue weighted by atomic mass is 9.74. The van der Waals surface area contributed by atoms with Crippen LogP contribution in [-0.4, -0.2) is 43.3 Å². The van der Waals surface area contributed by atoms with Crippen molar-refractivity contribution in [1.29, 1.82) is 0 Å². The van der Waals surface area contributed by atoms with Crippen molar-refractivity contribution < 1.29 is 9.53 Å². The number of carbonyl (C=O) groups excluding carboxylic acids is 1. The Hall–Kier alpha value is -0.770. The molecule has 4 nitrogen and oxygen atoms in total. The molecular formula is C14H28N2O2. The highest BCUT2D eigenvalue weighted by molar-refractivity contribution is 5.67. The molecule has 1 N–H and O–H groups in total. The van der Waals surface area contributed by atoms with E-state index in [1.54, 1.807) is 4.90 Å². The molecule has 1 rings (SSSR count). The van der Waals surface area contributed by atoms with E-state index in [1.807, 2.05) is 27.8 Å². The molecule has 1 aliphatic rings. The molecule has 1 heterocycles. The molecule has 0 radical (unpaired) electrons. The van der Waals surface area contributed by atoms with E-state index in [9.17, 15) is 4.79 Å². The Morgan fingerprint density at radius 2 is 2.06 bits per heavy atom. The summed E-state index contributed by atoms with van der Waals surface area (Å²) in [7, 11) is 1.83. The normalized spacial score (nSPS) is 23.6. The minimum Gasteiger partial charge on any atom is -0.444 e. The second kappa shape index (κ2) is 5.47. The third kappa shape index (κ3) is 4.48. The summed E-state index contributed by atoms with van der Waals surface area (Å²) >= 11 is 0. The van der Waals surface area contributed by atoms with Gasteiger partial charge < -0.3 is 15.0 Å². The average Bonchev–Trinajstić information content (AvgIpc) is 2.18. The first-order chi connectivity index (χ1) is 8.12. The third-order valence-electron chi connectivity index (χ3n) is 3.55. The van der Waals surface area contributed by atoms with E-state index in [0.717, 1.165) is 26.1 Å². The summed E-state index contributed by atoms with van der Waals surface area (Å²) in [5.74, 6) is 0.524. The lowest BCUT2D eigenvalue weighted by Crippen LogP contribution is -2.48. The number of ether oxygens (including phenoxy) is 1. The number of nitrogens with one attached hydrogen (secondary N) is 1. The van der Waals surface area contributed by atoms with Crippen LogP contribution in [0.25, 0.3) is 0 Å². The van der Waals surface area contributed by atoms with Crippen molar-refractivity contribution in [3.05, 3.63) is 0 Å². The zero-order chi connectivity index (χ0) is 14.0. The Morgan fingerprint density at radius 1 is 1.44 bits per heavy atom. The first-order valence-electron chi connectivity index (χ1n) is 6.77. The molecule has 4 heteroatoms. The number of hydrogen-bond acceptors (Lipinski definition) is 3. The molecule has 1 aliphatic heterocycles. The van der Waals surface area contributed by atoms with Gasteiger partial charge in [-0.05, 0) is 45.1 Å². The molecule has 0 bridgehead atoms. The summed E-state index contributed by atoms with van der Waals surface area (Å²) < 4.78 is 5.38. The summed E-state index contributed by atoms with van der Waals surface area (Å²) in [6.45, 7) is 13.0. The van der Waals surface area contributed by atoms with Crippen LogP contribution in [0.2, 0.25) is 0 Å². The van der Waals surface area contributed by atoms with Gasteiger partial charge in [-0.1, -0.05) is 13.8 Å². The monoisotopic (exact) mass is 256 g/mol. The first-order valence-corrected chi connectivity index (χ1v) is 6.77. The highest BCUT2D eigenvalue weighted by Gasteiger charge is 2.34. The summed E-state index contributed by atoms with van der Waals surface area (Å²) in [5.41, 5.74) is -0.191. The van der Waals surface area contributed by atoms with Crippen LogP contribution in [0, 0.1) is 11.3 Å². The Kier molecular flexibility index (Phi) is 4.65. The van der Waals surface area contributed by atoms with Gasteiger partial charge in [-0.15, -0.1) is 0 Å². The van der Waals surface area contributed by atoms with E-state index < -0.39 is 5.60 Å². The van der Waals surface area contributed by atoms with Crippen molar-refractivity contribution in [2.24, 2.45) is 11.3 Å². The number of rotatable bonds is 2. The Bertz CT molecular complexity index is 295. The van der Waals surface area contributed by atoms with Gasteiger partial charge in [0.1, 0.15) is 5.60 Å². The molecule has 1 unspecified atom stereocenters. The number of nitrogens with zero attached hydrogens (tertiary/aromatic N) is 1. The SMILES string of the molecule is CN(CC1CCNCC1(C)C)C(=O)OC(C)(C)C. The molecule has 0 aromatic rings. The molecule has 1 saturated heterocycles.